The van der Waals surface area contributed by atoms with Crippen LogP contribution in [0.3, 0.4) is 0 Å². The minimum absolute atomic E-state index is 0.182. The largest absolute Gasteiger partial charge is 0.462 e. The molecule has 4 aliphatic carbocycles. The molecule has 0 amide bonds. The molecule has 4 aliphatic rings. The molecule has 0 heterocycles. The summed E-state index contributed by atoms with van der Waals surface area (Å²) >= 11 is 6.84. The van der Waals surface area contributed by atoms with Gasteiger partial charge in [-0.05, 0) is 56.3 Å². The number of hydrogen-bond acceptors (Lipinski definition) is 4. The standard InChI is InChI=1S/C21H31ClO4/c1-12(23)26-13-6-9-20(3)16-7-8-19(2)15(4-5-18(19)24)14(16)10-17(22)21(20,25)11-13/h13-17,25H,4-11H2,1-3H3/t13-,14+,15-,16-,17-,19+,20-,21+/m1/s1. The molecule has 0 aromatic heterocycles. The maximum absolute atomic E-state index is 12.5. The molecule has 4 fully saturated rings. The molecule has 0 aliphatic heterocycles. The summed E-state index contributed by atoms with van der Waals surface area (Å²) in [5.74, 6) is 1.35. The van der Waals surface area contributed by atoms with E-state index in [1.54, 1.807) is 0 Å². The number of ketones is 1. The van der Waals surface area contributed by atoms with Crippen molar-refractivity contribution in [3.05, 3.63) is 0 Å². The fraction of sp³-hybridized carbons (Fsp3) is 0.905. The van der Waals surface area contributed by atoms with Crippen LogP contribution in [0.25, 0.3) is 0 Å². The van der Waals surface area contributed by atoms with E-state index < -0.39 is 5.60 Å². The van der Waals surface area contributed by atoms with Crippen molar-refractivity contribution in [2.24, 2.45) is 28.6 Å². The summed E-state index contributed by atoms with van der Waals surface area (Å²) in [5, 5.41) is 11.4. The van der Waals surface area contributed by atoms with Crippen molar-refractivity contribution in [2.45, 2.75) is 89.2 Å². The summed E-state index contributed by atoms with van der Waals surface area (Å²) in [6.07, 6.45) is 6.16. The van der Waals surface area contributed by atoms with Crippen LogP contribution in [0.5, 0.6) is 0 Å². The monoisotopic (exact) mass is 382 g/mol. The van der Waals surface area contributed by atoms with E-state index in [0.29, 0.717) is 36.4 Å². The topological polar surface area (TPSA) is 63.6 Å². The number of ether oxygens (including phenoxy) is 1. The fourth-order valence-electron chi connectivity index (χ4n) is 7.30. The van der Waals surface area contributed by atoms with Gasteiger partial charge in [0.25, 0.3) is 0 Å². The Bertz CT molecular complexity index is 636. The van der Waals surface area contributed by atoms with Crippen LogP contribution in [0.4, 0.5) is 0 Å². The molecule has 0 aromatic carbocycles. The SMILES string of the molecule is CC(=O)O[C@@H]1CC[C@]2(C)[C@@H]3CC[C@]4(C)C(=O)CC[C@@H]4[C@@H]3C[C@@H](Cl)[C@@]2(O)C1. The van der Waals surface area contributed by atoms with E-state index in [1.165, 1.54) is 6.92 Å². The van der Waals surface area contributed by atoms with Crippen molar-refractivity contribution in [3.8, 4) is 0 Å². The van der Waals surface area contributed by atoms with Crippen LogP contribution in [0.2, 0.25) is 0 Å². The number of carbonyl (C=O) groups is 2. The number of esters is 1. The number of rotatable bonds is 1. The third-order valence-corrected chi connectivity index (χ3v) is 9.35. The quantitative estimate of drug-likeness (QED) is 0.552. The highest BCUT2D eigenvalue weighted by molar-refractivity contribution is 6.21. The van der Waals surface area contributed by atoms with Crippen LogP contribution in [0.15, 0.2) is 0 Å². The van der Waals surface area contributed by atoms with Crippen LogP contribution in [-0.4, -0.2) is 33.9 Å². The molecule has 0 spiro atoms. The van der Waals surface area contributed by atoms with E-state index in [4.69, 9.17) is 16.3 Å². The molecule has 0 bridgehead atoms. The van der Waals surface area contributed by atoms with Gasteiger partial charge in [-0.3, -0.25) is 9.59 Å². The number of carbonyl (C=O) groups excluding carboxylic acids is 2. The summed E-state index contributed by atoms with van der Waals surface area (Å²) in [6.45, 7) is 5.78. The molecule has 1 N–H and O–H groups in total. The first-order valence-electron chi connectivity index (χ1n) is 10.2. The molecule has 4 nitrogen and oxygen atoms in total. The minimum atomic E-state index is -1.01. The Morgan fingerprint density at radius 3 is 2.62 bits per heavy atom. The highest BCUT2D eigenvalue weighted by atomic mass is 35.5. The number of alkyl halides is 1. The molecule has 5 heteroatoms. The summed E-state index contributed by atoms with van der Waals surface area (Å²) in [7, 11) is 0. The normalized spacial score (nSPS) is 53.4. The Balaban J connectivity index is 1.65. The predicted octanol–water partition coefficient (Wildman–Crippen LogP) is 3.86. The average molecular weight is 383 g/mol. The van der Waals surface area contributed by atoms with Crippen molar-refractivity contribution in [1.29, 1.82) is 0 Å². The third kappa shape index (κ3) is 2.37. The van der Waals surface area contributed by atoms with Gasteiger partial charge in [-0.15, -0.1) is 11.6 Å². The summed E-state index contributed by atoms with van der Waals surface area (Å²) < 4.78 is 5.43. The number of aliphatic hydroxyl groups is 1. The second kappa shape index (κ2) is 5.94. The van der Waals surface area contributed by atoms with Gasteiger partial charge >= 0.3 is 5.97 Å². The summed E-state index contributed by atoms with van der Waals surface area (Å²) in [5.41, 5.74) is -1.46. The maximum Gasteiger partial charge on any atom is 0.302 e. The van der Waals surface area contributed by atoms with Crippen molar-refractivity contribution < 1.29 is 19.4 Å². The second-order valence-electron chi connectivity index (χ2n) is 9.81. The van der Waals surface area contributed by atoms with Gasteiger partial charge in [0.1, 0.15) is 11.9 Å². The first-order valence-corrected chi connectivity index (χ1v) is 10.6. The van der Waals surface area contributed by atoms with E-state index in [0.717, 1.165) is 38.5 Å². The molecule has 4 rings (SSSR count). The van der Waals surface area contributed by atoms with Gasteiger partial charge in [-0.1, -0.05) is 13.8 Å². The van der Waals surface area contributed by atoms with Crippen molar-refractivity contribution in [1.82, 2.24) is 0 Å². The molecule has 0 aromatic rings. The fourth-order valence-corrected chi connectivity index (χ4v) is 7.84. The Hall–Kier alpha value is -0.610. The third-order valence-electron chi connectivity index (χ3n) is 8.81. The van der Waals surface area contributed by atoms with Gasteiger partial charge in [0, 0.05) is 30.6 Å². The smallest absolute Gasteiger partial charge is 0.302 e. The Morgan fingerprint density at radius 1 is 1.19 bits per heavy atom. The van der Waals surface area contributed by atoms with Crippen LogP contribution in [0, 0.1) is 28.6 Å². The lowest BCUT2D eigenvalue weighted by molar-refractivity contribution is -0.219. The van der Waals surface area contributed by atoms with Crippen LogP contribution < -0.4 is 0 Å². The second-order valence-corrected chi connectivity index (χ2v) is 10.3. The number of Topliss-reactive ketones (excluding diaryl/α,β-unsaturated/α-hetero) is 1. The van der Waals surface area contributed by atoms with Crippen LogP contribution >= 0.6 is 11.6 Å². The maximum atomic E-state index is 12.5. The van der Waals surface area contributed by atoms with Crippen LogP contribution in [0.1, 0.15) is 72.1 Å². The molecular formula is C21H31ClO4. The lowest BCUT2D eigenvalue weighted by Crippen LogP contribution is -2.67. The molecule has 0 unspecified atom stereocenters. The summed E-state index contributed by atoms with van der Waals surface area (Å²) in [4.78, 5) is 23.9. The zero-order chi connectivity index (χ0) is 18.9. The molecule has 146 valence electrons. The number of fused-ring (bicyclic) bond motifs is 5. The van der Waals surface area contributed by atoms with Gasteiger partial charge < -0.3 is 9.84 Å². The average Bonchev–Trinajstić information content (AvgIpc) is 2.86. The Morgan fingerprint density at radius 2 is 1.92 bits per heavy atom. The van der Waals surface area contributed by atoms with Crippen molar-refractivity contribution in [2.75, 3.05) is 0 Å². The lowest BCUT2D eigenvalue weighted by atomic mass is 9.43. The number of hydrogen-bond donors (Lipinski definition) is 1. The zero-order valence-corrected chi connectivity index (χ0v) is 16.8. The van der Waals surface area contributed by atoms with Gasteiger partial charge in [0.05, 0.1) is 11.0 Å². The Kier molecular flexibility index (Phi) is 4.28. The lowest BCUT2D eigenvalue weighted by Gasteiger charge is -2.64. The van der Waals surface area contributed by atoms with Crippen LogP contribution in [-0.2, 0) is 14.3 Å². The highest BCUT2D eigenvalue weighted by Gasteiger charge is 2.67. The molecule has 26 heavy (non-hydrogen) atoms. The first-order chi connectivity index (χ1) is 12.1. The highest BCUT2D eigenvalue weighted by Crippen LogP contribution is 2.67. The number of halogens is 1. The van der Waals surface area contributed by atoms with Crippen molar-refractivity contribution >= 4 is 23.4 Å². The molecule has 8 atom stereocenters. The molecule has 0 saturated heterocycles. The molecule has 0 radical (unpaired) electrons. The van der Waals surface area contributed by atoms with E-state index in [-0.39, 0.29) is 28.3 Å². The summed E-state index contributed by atoms with van der Waals surface area (Å²) in [6, 6.07) is 0. The van der Waals surface area contributed by atoms with E-state index in [9.17, 15) is 14.7 Å². The van der Waals surface area contributed by atoms with Gasteiger partial charge in [-0.25, -0.2) is 0 Å². The molecular weight excluding hydrogens is 352 g/mol. The van der Waals surface area contributed by atoms with E-state index in [1.807, 2.05) is 0 Å². The van der Waals surface area contributed by atoms with E-state index >= 15 is 0 Å². The zero-order valence-electron chi connectivity index (χ0n) is 16.1. The van der Waals surface area contributed by atoms with Gasteiger partial charge in [0.2, 0.25) is 0 Å². The van der Waals surface area contributed by atoms with E-state index in [2.05, 4.69) is 13.8 Å². The molecule has 4 saturated carbocycles. The minimum Gasteiger partial charge on any atom is -0.462 e. The van der Waals surface area contributed by atoms with Gasteiger partial charge in [-0.2, -0.15) is 0 Å². The predicted molar refractivity (Wildman–Crippen MR) is 98.8 cm³/mol. The first kappa shape index (κ1) is 18.7. The Labute approximate surface area is 161 Å². The van der Waals surface area contributed by atoms with Gasteiger partial charge in [0.15, 0.2) is 0 Å². The van der Waals surface area contributed by atoms with Crippen molar-refractivity contribution in [3.63, 3.8) is 0 Å².